The fourth-order valence-corrected chi connectivity index (χ4v) is 1.93. The molecule has 1 aliphatic rings. The molecule has 0 N–H and O–H groups in total. The van der Waals surface area contributed by atoms with E-state index < -0.39 is 34.9 Å². The first-order valence-electron chi connectivity index (χ1n) is 5.33. The number of Topliss-reactive ketones (excluding diaryl/α,β-unsaturated/α-hetero) is 1. The van der Waals surface area contributed by atoms with E-state index >= 15 is 0 Å². The number of benzene rings is 1. The van der Waals surface area contributed by atoms with Crippen molar-refractivity contribution in [2.45, 2.75) is 32.0 Å². The van der Waals surface area contributed by atoms with Gasteiger partial charge < -0.3 is 4.74 Å². The van der Waals surface area contributed by atoms with Crippen LogP contribution >= 0.6 is 0 Å². The van der Waals surface area contributed by atoms with Crippen LogP contribution in [0.5, 0.6) is 0 Å². The lowest BCUT2D eigenvalue weighted by atomic mass is 10.0. The van der Waals surface area contributed by atoms with Crippen LogP contribution in [0.15, 0.2) is 12.1 Å². The van der Waals surface area contributed by atoms with E-state index in [1.54, 1.807) is 6.92 Å². The molecule has 0 amide bonds. The molecule has 17 heavy (non-hydrogen) atoms. The van der Waals surface area contributed by atoms with Gasteiger partial charge in [0.05, 0.1) is 11.7 Å². The molecule has 1 fully saturated rings. The molecule has 0 aliphatic carbocycles. The van der Waals surface area contributed by atoms with Crippen LogP contribution in [-0.4, -0.2) is 18.0 Å². The summed E-state index contributed by atoms with van der Waals surface area (Å²) in [6, 6.07) is 0.989. The molecule has 2 nitrogen and oxygen atoms in total. The molecule has 1 saturated heterocycles. The van der Waals surface area contributed by atoms with E-state index in [0.717, 1.165) is 0 Å². The number of hydrogen-bond acceptors (Lipinski definition) is 2. The maximum absolute atomic E-state index is 13.4. The molecular weight excluding hydrogens is 233 g/mol. The third-order valence-electron chi connectivity index (χ3n) is 2.78. The van der Waals surface area contributed by atoms with Crippen LogP contribution in [0, 0.1) is 17.5 Å². The molecule has 1 heterocycles. The maximum atomic E-state index is 13.4. The monoisotopic (exact) mass is 244 g/mol. The fourth-order valence-electron chi connectivity index (χ4n) is 1.93. The van der Waals surface area contributed by atoms with Gasteiger partial charge >= 0.3 is 0 Å². The van der Waals surface area contributed by atoms with Gasteiger partial charge in [-0.3, -0.25) is 4.79 Å². The van der Waals surface area contributed by atoms with E-state index in [2.05, 4.69) is 0 Å². The normalized spacial score (nSPS) is 24.0. The summed E-state index contributed by atoms with van der Waals surface area (Å²) in [6.07, 6.45) is 0.159. The lowest BCUT2D eigenvalue weighted by Crippen LogP contribution is -2.23. The number of carbonyl (C=O) groups excluding carboxylic acids is 1. The molecular formula is C12H11F3O2. The van der Waals surface area contributed by atoms with Crippen molar-refractivity contribution in [1.82, 2.24) is 0 Å². The second-order valence-corrected chi connectivity index (χ2v) is 4.12. The average Bonchev–Trinajstić information content (AvgIpc) is 2.63. The lowest BCUT2D eigenvalue weighted by Gasteiger charge is -2.11. The highest BCUT2D eigenvalue weighted by molar-refractivity contribution is 6.00. The Labute approximate surface area is 96.4 Å². The molecule has 92 valence electrons. The van der Waals surface area contributed by atoms with Crippen LogP contribution in [0.1, 0.15) is 30.1 Å². The third-order valence-corrected chi connectivity index (χ3v) is 2.78. The summed E-state index contributed by atoms with van der Waals surface area (Å²) in [4.78, 5) is 11.8. The summed E-state index contributed by atoms with van der Waals surface area (Å²) in [5.41, 5.74) is -0.717. The van der Waals surface area contributed by atoms with Crippen LogP contribution in [0.2, 0.25) is 0 Å². The van der Waals surface area contributed by atoms with E-state index in [9.17, 15) is 18.0 Å². The first-order chi connectivity index (χ1) is 7.99. The van der Waals surface area contributed by atoms with Gasteiger partial charge in [0.2, 0.25) is 0 Å². The number of hydrogen-bond donors (Lipinski definition) is 0. The molecule has 2 rings (SSSR count). The Hall–Kier alpha value is -1.36. The van der Waals surface area contributed by atoms with Crippen LogP contribution in [0.25, 0.3) is 0 Å². The number of halogens is 3. The molecule has 1 aromatic carbocycles. The number of carbonyl (C=O) groups is 1. The minimum absolute atomic E-state index is 0.101. The van der Waals surface area contributed by atoms with Crippen molar-refractivity contribution in [1.29, 1.82) is 0 Å². The second kappa shape index (κ2) is 4.49. The van der Waals surface area contributed by atoms with Crippen molar-refractivity contribution in [3.05, 3.63) is 35.1 Å². The highest BCUT2D eigenvalue weighted by atomic mass is 19.1. The molecule has 0 spiro atoms. The Kier molecular flexibility index (Phi) is 3.19. The van der Waals surface area contributed by atoms with Crippen molar-refractivity contribution in [2.75, 3.05) is 0 Å². The number of ketones is 1. The summed E-state index contributed by atoms with van der Waals surface area (Å²) >= 11 is 0. The zero-order valence-electron chi connectivity index (χ0n) is 9.17. The van der Waals surface area contributed by atoms with Crippen molar-refractivity contribution in [2.24, 2.45) is 0 Å². The van der Waals surface area contributed by atoms with Crippen LogP contribution in [-0.2, 0) is 4.74 Å². The zero-order valence-corrected chi connectivity index (χ0v) is 9.17. The van der Waals surface area contributed by atoms with Crippen LogP contribution < -0.4 is 0 Å². The van der Waals surface area contributed by atoms with Crippen molar-refractivity contribution in [3.63, 3.8) is 0 Å². The first-order valence-corrected chi connectivity index (χ1v) is 5.33. The van der Waals surface area contributed by atoms with Gasteiger partial charge in [-0.25, -0.2) is 13.2 Å². The Morgan fingerprint density at radius 2 is 1.82 bits per heavy atom. The molecule has 2 atom stereocenters. The predicted octanol–water partition coefficient (Wildman–Crippen LogP) is 2.85. The summed E-state index contributed by atoms with van der Waals surface area (Å²) in [6.45, 7) is 1.78. The van der Waals surface area contributed by atoms with Crippen molar-refractivity contribution >= 4 is 5.78 Å². The quantitative estimate of drug-likeness (QED) is 0.748. The Morgan fingerprint density at radius 3 is 2.29 bits per heavy atom. The highest BCUT2D eigenvalue weighted by Crippen LogP contribution is 2.25. The number of rotatable bonds is 2. The van der Waals surface area contributed by atoms with Crippen LogP contribution in [0.4, 0.5) is 13.2 Å². The van der Waals surface area contributed by atoms with E-state index in [-0.39, 0.29) is 6.10 Å². The molecule has 1 aliphatic heterocycles. The Morgan fingerprint density at radius 1 is 1.24 bits per heavy atom. The minimum atomic E-state index is -1.18. The Balaban J connectivity index is 2.31. The smallest absolute Gasteiger partial charge is 0.197 e. The molecule has 5 heteroatoms. The van der Waals surface area contributed by atoms with Gasteiger partial charge in [-0.2, -0.15) is 0 Å². The summed E-state index contributed by atoms with van der Waals surface area (Å²) in [5.74, 6) is -4.17. The van der Waals surface area contributed by atoms with E-state index in [4.69, 9.17) is 4.74 Å². The fraction of sp³-hybridized carbons (Fsp3) is 0.417. The SMILES string of the molecule is CC1CCC(C(=O)c2c(F)cc(F)cc2F)O1. The van der Waals surface area contributed by atoms with Gasteiger partial charge in [-0.15, -0.1) is 0 Å². The summed E-state index contributed by atoms with van der Waals surface area (Å²) in [5, 5.41) is 0. The topological polar surface area (TPSA) is 26.3 Å². The molecule has 1 aromatic rings. The average molecular weight is 244 g/mol. The van der Waals surface area contributed by atoms with E-state index in [0.29, 0.717) is 25.0 Å². The minimum Gasteiger partial charge on any atom is -0.367 e. The van der Waals surface area contributed by atoms with Gasteiger partial charge in [0.1, 0.15) is 23.6 Å². The van der Waals surface area contributed by atoms with E-state index in [1.807, 2.05) is 0 Å². The van der Waals surface area contributed by atoms with Crippen molar-refractivity contribution in [3.8, 4) is 0 Å². The second-order valence-electron chi connectivity index (χ2n) is 4.12. The lowest BCUT2D eigenvalue weighted by molar-refractivity contribution is 0.0426. The van der Waals surface area contributed by atoms with Gasteiger partial charge in [-0.05, 0) is 19.8 Å². The first kappa shape index (κ1) is 12.1. The maximum Gasteiger partial charge on any atom is 0.197 e. The standard InChI is InChI=1S/C12H11F3O2/c1-6-2-3-10(17-6)12(16)11-8(14)4-7(13)5-9(11)15/h4-6,10H,2-3H2,1H3. The third kappa shape index (κ3) is 2.34. The van der Waals surface area contributed by atoms with Crippen molar-refractivity contribution < 1.29 is 22.7 Å². The predicted molar refractivity (Wildman–Crippen MR) is 54.2 cm³/mol. The van der Waals surface area contributed by atoms with Gasteiger partial charge in [0.15, 0.2) is 5.78 Å². The van der Waals surface area contributed by atoms with Gasteiger partial charge in [0, 0.05) is 12.1 Å². The zero-order chi connectivity index (χ0) is 12.6. The molecule has 0 aromatic heterocycles. The largest absolute Gasteiger partial charge is 0.367 e. The Bertz CT molecular complexity index is 436. The number of ether oxygens (including phenoxy) is 1. The molecule has 0 radical (unpaired) electrons. The molecule has 0 saturated carbocycles. The highest BCUT2D eigenvalue weighted by Gasteiger charge is 2.32. The summed E-state index contributed by atoms with van der Waals surface area (Å²) < 4.78 is 44.6. The van der Waals surface area contributed by atoms with Gasteiger partial charge in [0.25, 0.3) is 0 Å². The van der Waals surface area contributed by atoms with Gasteiger partial charge in [-0.1, -0.05) is 0 Å². The van der Waals surface area contributed by atoms with Crippen LogP contribution in [0.3, 0.4) is 0 Å². The molecule has 2 unspecified atom stereocenters. The summed E-state index contributed by atoms with van der Waals surface area (Å²) in [7, 11) is 0. The molecule has 0 bridgehead atoms. The van der Waals surface area contributed by atoms with E-state index in [1.165, 1.54) is 0 Å².